The lowest BCUT2D eigenvalue weighted by Crippen LogP contribution is -2.49. The van der Waals surface area contributed by atoms with Crippen molar-refractivity contribution in [2.75, 3.05) is 19.7 Å². The lowest BCUT2D eigenvalue weighted by Gasteiger charge is -2.39. The van der Waals surface area contributed by atoms with Gasteiger partial charge in [0.05, 0.1) is 6.61 Å². The van der Waals surface area contributed by atoms with Crippen LogP contribution in [-0.2, 0) is 11.2 Å². The highest BCUT2D eigenvalue weighted by Crippen LogP contribution is 2.36. The third kappa shape index (κ3) is 4.61. The quantitative estimate of drug-likeness (QED) is 0.894. The normalized spacial score (nSPS) is 20.0. The fourth-order valence-electron chi connectivity index (χ4n) is 2.75. The molecule has 0 aliphatic carbocycles. The molecule has 2 rings (SSSR count). The van der Waals surface area contributed by atoms with E-state index in [-0.39, 0.29) is 11.3 Å². The third-order valence-corrected chi connectivity index (χ3v) is 4.37. The van der Waals surface area contributed by atoms with E-state index in [1.54, 1.807) is 0 Å². The molecule has 5 heteroatoms. The highest BCUT2D eigenvalue weighted by Gasteiger charge is 2.37. The molecular formula is C18H28N2O3. The summed E-state index contributed by atoms with van der Waals surface area (Å²) in [6, 6.07) is 8.07. The summed E-state index contributed by atoms with van der Waals surface area (Å²) >= 11 is 0. The van der Waals surface area contributed by atoms with E-state index in [1.807, 2.05) is 39.0 Å². The maximum Gasteiger partial charge on any atom is 0.407 e. The van der Waals surface area contributed by atoms with Gasteiger partial charge in [0.25, 0.3) is 0 Å². The first-order valence-electron chi connectivity index (χ1n) is 8.11. The summed E-state index contributed by atoms with van der Waals surface area (Å²) in [7, 11) is 0. The van der Waals surface area contributed by atoms with Crippen LogP contribution in [0.2, 0.25) is 0 Å². The minimum atomic E-state index is -0.504. The standard InChI is InChI=1S/C18H28N2O3/c1-17(2,3)23-16(21)20-12-18(4,11-19)14-9-13-7-5-6-8-15(13)22-10-14/h5-8,14H,9-12,19H2,1-4H3,(H,20,21). The number of carbonyl (C=O) groups is 1. The Morgan fingerprint density at radius 3 is 2.70 bits per heavy atom. The molecule has 2 unspecified atom stereocenters. The molecule has 0 aromatic heterocycles. The Hall–Kier alpha value is -1.75. The second kappa shape index (κ2) is 6.79. The highest BCUT2D eigenvalue weighted by atomic mass is 16.6. The van der Waals surface area contributed by atoms with Gasteiger partial charge in [-0.2, -0.15) is 0 Å². The molecular weight excluding hydrogens is 292 g/mol. The molecule has 0 spiro atoms. The number of alkyl carbamates (subject to hydrolysis) is 1. The summed E-state index contributed by atoms with van der Waals surface area (Å²) in [4.78, 5) is 11.9. The largest absolute Gasteiger partial charge is 0.493 e. The molecule has 5 nitrogen and oxygen atoms in total. The summed E-state index contributed by atoms with van der Waals surface area (Å²) in [6.45, 7) is 9.18. The van der Waals surface area contributed by atoms with Gasteiger partial charge in [0, 0.05) is 17.9 Å². The monoisotopic (exact) mass is 320 g/mol. The van der Waals surface area contributed by atoms with Crippen LogP contribution in [0.1, 0.15) is 33.3 Å². The van der Waals surface area contributed by atoms with Crippen LogP contribution in [0.4, 0.5) is 4.79 Å². The zero-order chi connectivity index (χ0) is 17.1. The van der Waals surface area contributed by atoms with Crippen LogP contribution in [0, 0.1) is 11.3 Å². The first-order valence-corrected chi connectivity index (χ1v) is 8.11. The third-order valence-electron chi connectivity index (χ3n) is 4.37. The second-order valence-corrected chi connectivity index (χ2v) is 7.53. The maximum absolute atomic E-state index is 11.9. The fourth-order valence-corrected chi connectivity index (χ4v) is 2.75. The van der Waals surface area contributed by atoms with Crippen molar-refractivity contribution in [2.45, 2.75) is 39.7 Å². The molecule has 1 aliphatic heterocycles. The molecule has 1 amide bonds. The number of nitrogens with one attached hydrogen (secondary N) is 1. The van der Waals surface area contributed by atoms with E-state index in [0.717, 1.165) is 12.2 Å². The van der Waals surface area contributed by atoms with Crippen LogP contribution in [0.25, 0.3) is 0 Å². The van der Waals surface area contributed by atoms with Gasteiger partial charge in [-0.3, -0.25) is 0 Å². The average molecular weight is 320 g/mol. The van der Waals surface area contributed by atoms with Crippen molar-refractivity contribution in [3.05, 3.63) is 29.8 Å². The van der Waals surface area contributed by atoms with Crippen LogP contribution in [0.5, 0.6) is 5.75 Å². The van der Waals surface area contributed by atoms with Crippen LogP contribution >= 0.6 is 0 Å². The van der Waals surface area contributed by atoms with Gasteiger partial charge >= 0.3 is 6.09 Å². The lowest BCUT2D eigenvalue weighted by molar-refractivity contribution is 0.0453. The van der Waals surface area contributed by atoms with Crippen LogP contribution in [-0.4, -0.2) is 31.4 Å². The number of para-hydroxylation sites is 1. The lowest BCUT2D eigenvalue weighted by atomic mass is 9.73. The summed E-state index contributed by atoms with van der Waals surface area (Å²) in [5.74, 6) is 1.19. The Bertz CT molecular complexity index is 553. The molecule has 23 heavy (non-hydrogen) atoms. The van der Waals surface area contributed by atoms with Gasteiger partial charge in [0.15, 0.2) is 0 Å². The van der Waals surface area contributed by atoms with Gasteiger partial charge in [-0.05, 0) is 45.4 Å². The summed E-state index contributed by atoms with van der Waals surface area (Å²) in [5.41, 5.74) is 6.47. The Morgan fingerprint density at radius 1 is 1.35 bits per heavy atom. The van der Waals surface area contributed by atoms with Gasteiger partial charge in [-0.1, -0.05) is 25.1 Å². The van der Waals surface area contributed by atoms with E-state index in [0.29, 0.717) is 19.7 Å². The zero-order valence-corrected chi connectivity index (χ0v) is 14.5. The van der Waals surface area contributed by atoms with Gasteiger partial charge < -0.3 is 20.5 Å². The van der Waals surface area contributed by atoms with Crippen molar-refractivity contribution in [1.29, 1.82) is 0 Å². The van der Waals surface area contributed by atoms with E-state index in [1.165, 1.54) is 5.56 Å². The Labute approximate surface area is 138 Å². The average Bonchev–Trinajstić information content (AvgIpc) is 2.50. The summed E-state index contributed by atoms with van der Waals surface area (Å²) in [6.07, 6.45) is 0.495. The molecule has 0 saturated heterocycles. The number of nitrogens with two attached hydrogens (primary N) is 1. The first-order chi connectivity index (χ1) is 10.7. The number of amides is 1. The molecule has 1 heterocycles. The number of carbonyl (C=O) groups excluding carboxylic acids is 1. The first kappa shape index (κ1) is 17.6. The predicted octanol–water partition coefficient (Wildman–Crippen LogP) is 2.73. The number of benzene rings is 1. The molecule has 1 aromatic carbocycles. The number of ether oxygens (including phenoxy) is 2. The molecule has 2 atom stereocenters. The number of hydrogen-bond acceptors (Lipinski definition) is 4. The molecule has 128 valence electrons. The van der Waals surface area contributed by atoms with E-state index in [9.17, 15) is 4.79 Å². The number of rotatable bonds is 4. The van der Waals surface area contributed by atoms with Crippen LogP contribution in [0.15, 0.2) is 24.3 Å². The number of fused-ring (bicyclic) bond motifs is 1. The zero-order valence-electron chi connectivity index (χ0n) is 14.5. The minimum Gasteiger partial charge on any atom is -0.493 e. The molecule has 0 saturated carbocycles. The molecule has 1 aromatic rings. The fraction of sp³-hybridized carbons (Fsp3) is 0.611. The van der Waals surface area contributed by atoms with E-state index in [4.69, 9.17) is 15.2 Å². The Morgan fingerprint density at radius 2 is 2.04 bits per heavy atom. The summed E-state index contributed by atoms with van der Waals surface area (Å²) in [5, 5.41) is 2.86. The molecule has 0 fully saturated rings. The van der Waals surface area contributed by atoms with Gasteiger partial charge in [-0.15, -0.1) is 0 Å². The highest BCUT2D eigenvalue weighted by molar-refractivity contribution is 5.67. The van der Waals surface area contributed by atoms with Crippen LogP contribution < -0.4 is 15.8 Å². The van der Waals surface area contributed by atoms with E-state index in [2.05, 4.69) is 18.3 Å². The van der Waals surface area contributed by atoms with Crippen molar-refractivity contribution in [1.82, 2.24) is 5.32 Å². The molecule has 3 N–H and O–H groups in total. The predicted molar refractivity (Wildman–Crippen MR) is 90.5 cm³/mol. The molecule has 0 bridgehead atoms. The van der Waals surface area contributed by atoms with E-state index >= 15 is 0 Å². The number of hydrogen-bond donors (Lipinski definition) is 2. The SMILES string of the molecule is CC(C)(C)OC(=O)NCC(C)(CN)C1COc2ccccc2C1. The minimum absolute atomic E-state index is 0.246. The van der Waals surface area contributed by atoms with E-state index < -0.39 is 11.7 Å². The van der Waals surface area contributed by atoms with Crippen molar-refractivity contribution in [3.8, 4) is 5.75 Å². The van der Waals surface area contributed by atoms with Gasteiger partial charge in [0.1, 0.15) is 11.4 Å². The summed E-state index contributed by atoms with van der Waals surface area (Å²) < 4.78 is 11.2. The Balaban J connectivity index is 1.99. The van der Waals surface area contributed by atoms with Crippen molar-refractivity contribution < 1.29 is 14.3 Å². The van der Waals surface area contributed by atoms with Crippen LogP contribution in [0.3, 0.4) is 0 Å². The maximum atomic E-state index is 11.9. The topological polar surface area (TPSA) is 73.6 Å². The van der Waals surface area contributed by atoms with Crippen molar-refractivity contribution >= 4 is 6.09 Å². The van der Waals surface area contributed by atoms with Crippen molar-refractivity contribution in [3.63, 3.8) is 0 Å². The Kier molecular flexibility index (Phi) is 5.19. The van der Waals surface area contributed by atoms with Crippen molar-refractivity contribution in [2.24, 2.45) is 17.1 Å². The smallest absolute Gasteiger partial charge is 0.407 e. The van der Waals surface area contributed by atoms with Gasteiger partial charge in [-0.25, -0.2) is 4.79 Å². The molecule has 1 aliphatic rings. The second-order valence-electron chi connectivity index (χ2n) is 7.53. The molecule has 0 radical (unpaired) electrons. The van der Waals surface area contributed by atoms with Gasteiger partial charge in [0.2, 0.25) is 0 Å².